The van der Waals surface area contributed by atoms with Gasteiger partial charge in [-0.3, -0.25) is 0 Å². The maximum absolute atomic E-state index is 9.43. The fourth-order valence-corrected chi connectivity index (χ4v) is 2.34. The topological polar surface area (TPSA) is 40.5 Å². The Labute approximate surface area is 114 Å². The van der Waals surface area contributed by atoms with Crippen LogP contribution in [0.4, 0.5) is 0 Å². The number of aliphatic hydroxyl groups is 2. The van der Waals surface area contributed by atoms with Gasteiger partial charge in [0.1, 0.15) is 0 Å². The number of unbranched alkanes of at least 4 members (excludes halogenated alkanes) is 10. The average molecular weight is 258 g/mol. The van der Waals surface area contributed by atoms with Crippen LogP contribution in [0.5, 0.6) is 0 Å². The van der Waals surface area contributed by atoms with Gasteiger partial charge in [0.2, 0.25) is 0 Å². The van der Waals surface area contributed by atoms with Crippen molar-refractivity contribution in [1.29, 1.82) is 0 Å². The molecule has 2 nitrogen and oxygen atoms in total. The summed E-state index contributed by atoms with van der Waals surface area (Å²) in [6.45, 7) is 2.37. The van der Waals surface area contributed by atoms with Crippen molar-refractivity contribution < 1.29 is 10.2 Å². The molecular formula is C16H34O2. The molecule has 18 heavy (non-hydrogen) atoms. The van der Waals surface area contributed by atoms with E-state index in [4.69, 9.17) is 5.11 Å². The van der Waals surface area contributed by atoms with Crippen LogP contribution < -0.4 is 0 Å². The number of hydrogen-bond donors (Lipinski definition) is 2. The first-order valence-electron chi connectivity index (χ1n) is 8.10. The Hall–Kier alpha value is -0.0800. The summed E-state index contributed by atoms with van der Waals surface area (Å²) in [6.07, 6.45) is 15.9. The van der Waals surface area contributed by atoms with Crippen molar-refractivity contribution in [3.05, 3.63) is 0 Å². The first kappa shape index (κ1) is 17.9. The van der Waals surface area contributed by atoms with Gasteiger partial charge in [-0.15, -0.1) is 0 Å². The summed E-state index contributed by atoms with van der Waals surface area (Å²) in [5.41, 5.74) is 0. The molecular weight excluding hydrogens is 224 g/mol. The molecule has 0 fully saturated rings. The Bertz CT molecular complexity index is 148. The number of aliphatic hydroxyl groups excluding tert-OH is 2. The van der Waals surface area contributed by atoms with Gasteiger partial charge in [-0.2, -0.15) is 0 Å². The molecule has 0 aliphatic rings. The van der Waals surface area contributed by atoms with Gasteiger partial charge >= 0.3 is 0 Å². The van der Waals surface area contributed by atoms with Crippen molar-refractivity contribution in [3.8, 4) is 0 Å². The number of rotatable bonds is 14. The lowest BCUT2D eigenvalue weighted by atomic mass is 10.0. The largest absolute Gasteiger partial charge is 0.396 e. The summed E-state index contributed by atoms with van der Waals surface area (Å²) in [6, 6.07) is 0. The molecule has 0 aromatic carbocycles. The van der Waals surface area contributed by atoms with Crippen molar-refractivity contribution in [2.24, 2.45) is 0 Å². The Kier molecular flexibility index (Phi) is 14.9. The molecule has 0 aliphatic heterocycles. The Morgan fingerprint density at radius 3 is 1.56 bits per heavy atom. The maximum atomic E-state index is 9.43. The molecule has 0 rings (SSSR count). The zero-order valence-corrected chi connectivity index (χ0v) is 12.4. The summed E-state index contributed by atoms with van der Waals surface area (Å²) in [5.74, 6) is 0. The standard InChI is InChI=1S/C16H34O2/c1-2-3-4-5-6-7-8-9-10-11-12-13-16(18)14-15-17/h16-18H,2-15H2,1H3/t16-/m0/s1. The Balaban J connectivity index is 2.98. The lowest BCUT2D eigenvalue weighted by Gasteiger charge is -2.08. The Morgan fingerprint density at radius 1 is 0.667 bits per heavy atom. The summed E-state index contributed by atoms with van der Waals surface area (Å²) >= 11 is 0. The zero-order chi connectivity index (χ0) is 13.5. The number of hydrogen-bond acceptors (Lipinski definition) is 2. The molecule has 0 aromatic heterocycles. The highest BCUT2D eigenvalue weighted by molar-refractivity contribution is 4.55. The molecule has 0 spiro atoms. The highest BCUT2D eigenvalue weighted by Crippen LogP contribution is 2.12. The van der Waals surface area contributed by atoms with E-state index in [1.54, 1.807) is 0 Å². The van der Waals surface area contributed by atoms with Gasteiger partial charge in [-0.1, -0.05) is 77.6 Å². The van der Waals surface area contributed by atoms with E-state index < -0.39 is 0 Å². The van der Waals surface area contributed by atoms with Gasteiger partial charge < -0.3 is 10.2 Å². The monoisotopic (exact) mass is 258 g/mol. The molecule has 0 bridgehead atoms. The minimum absolute atomic E-state index is 0.110. The summed E-state index contributed by atoms with van der Waals surface area (Å²) in [5, 5.41) is 18.1. The molecule has 0 aliphatic carbocycles. The van der Waals surface area contributed by atoms with Crippen LogP contribution in [0, 0.1) is 0 Å². The van der Waals surface area contributed by atoms with Crippen LogP contribution in [-0.2, 0) is 0 Å². The molecule has 2 heteroatoms. The predicted octanol–water partition coefficient (Wildman–Crippen LogP) is 4.43. The van der Waals surface area contributed by atoms with Gasteiger partial charge in [-0.25, -0.2) is 0 Å². The lowest BCUT2D eigenvalue weighted by molar-refractivity contribution is 0.122. The SMILES string of the molecule is CCCCCCCCCCCCC[C@H](O)CCO. The molecule has 0 amide bonds. The van der Waals surface area contributed by atoms with Crippen molar-refractivity contribution in [2.45, 2.75) is 96.5 Å². The minimum atomic E-state index is -0.284. The molecule has 0 saturated carbocycles. The summed E-state index contributed by atoms with van der Waals surface area (Å²) in [4.78, 5) is 0. The van der Waals surface area contributed by atoms with Gasteiger partial charge in [0.05, 0.1) is 6.10 Å². The van der Waals surface area contributed by atoms with Crippen molar-refractivity contribution >= 4 is 0 Å². The van der Waals surface area contributed by atoms with E-state index in [0.717, 1.165) is 12.8 Å². The van der Waals surface area contributed by atoms with E-state index in [9.17, 15) is 5.11 Å². The third-order valence-electron chi connectivity index (χ3n) is 3.60. The van der Waals surface area contributed by atoms with E-state index in [1.807, 2.05) is 0 Å². The molecule has 1 atom stereocenters. The fraction of sp³-hybridized carbons (Fsp3) is 1.00. The normalized spacial score (nSPS) is 12.8. The zero-order valence-electron chi connectivity index (χ0n) is 12.4. The highest BCUT2D eigenvalue weighted by Gasteiger charge is 2.01. The second-order valence-corrected chi connectivity index (χ2v) is 5.49. The molecule has 0 aromatic rings. The average Bonchev–Trinajstić information content (AvgIpc) is 2.36. The summed E-state index contributed by atoms with van der Waals surface area (Å²) < 4.78 is 0. The first-order valence-corrected chi connectivity index (χ1v) is 8.10. The molecule has 2 N–H and O–H groups in total. The van der Waals surface area contributed by atoms with Crippen LogP contribution >= 0.6 is 0 Å². The van der Waals surface area contributed by atoms with Crippen LogP contribution in [0.25, 0.3) is 0 Å². The molecule has 0 unspecified atom stereocenters. The van der Waals surface area contributed by atoms with E-state index >= 15 is 0 Å². The second kappa shape index (κ2) is 15.0. The third kappa shape index (κ3) is 14.0. The predicted molar refractivity (Wildman–Crippen MR) is 78.8 cm³/mol. The van der Waals surface area contributed by atoms with Crippen LogP contribution in [-0.4, -0.2) is 22.9 Å². The summed E-state index contributed by atoms with van der Waals surface area (Å²) in [7, 11) is 0. The highest BCUT2D eigenvalue weighted by atomic mass is 16.3. The van der Waals surface area contributed by atoms with Crippen molar-refractivity contribution in [3.63, 3.8) is 0 Å². The third-order valence-corrected chi connectivity index (χ3v) is 3.60. The van der Waals surface area contributed by atoms with Gasteiger partial charge in [0, 0.05) is 6.61 Å². The van der Waals surface area contributed by atoms with E-state index in [1.165, 1.54) is 64.2 Å². The molecule has 0 saturated heterocycles. The van der Waals surface area contributed by atoms with Gasteiger partial charge in [0.15, 0.2) is 0 Å². The van der Waals surface area contributed by atoms with E-state index in [0.29, 0.717) is 6.42 Å². The van der Waals surface area contributed by atoms with E-state index in [2.05, 4.69) is 6.92 Å². The van der Waals surface area contributed by atoms with Crippen LogP contribution in [0.15, 0.2) is 0 Å². The minimum Gasteiger partial charge on any atom is -0.396 e. The smallest absolute Gasteiger partial charge is 0.0562 e. The van der Waals surface area contributed by atoms with Crippen molar-refractivity contribution in [2.75, 3.05) is 6.61 Å². The maximum Gasteiger partial charge on any atom is 0.0562 e. The molecule has 0 radical (unpaired) electrons. The van der Waals surface area contributed by atoms with Crippen LogP contribution in [0.2, 0.25) is 0 Å². The quantitative estimate of drug-likeness (QED) is 0.452. The van der Waals surface area contributed by atoms with Crippen molar-refractivity contribution in [1.82, 2.24) is 0 Å². The second-order valence-electron chi connectivity index (χ2n) is 5.49. The molecule has 0 heterocycles. The van der Waals surface area contributed by atoms with Crippen LogP contribution in [0.3, 0.4) is 0 Å². The van der Waals surface area contributed by atoms with Crippen LogP contribution in [0.1, 0.15) is 90.4 Å². The van der Waals surface area contributed by atoms with E-state index in [-0.39, 0.29) is 12.7 Å². The lowest BCUT2D eigenvalue weighted by Crippen LogP contribution is -2.08. The fourth-order valence-electron chi connectivity index (χ4n) is 2.34. The molecule has 110 valence electrons. The van der Waals surface area contributed by atoms with Gasteiger partial charge in [-0.05, 0) is 12.8 Å². The Morgan fingerprint density at radius 2 is 1.11 bits per heavy atom. The van der Waals surface area contributed by atoms with Gasteiger partial charge in [0.25, 0.3) is 0 Å². The first-order chi connectivity index (χ1) is 8.81.